The van der Waals surface area contributed by atoms with Gasteiger partial charge in [-0.2, -0.15) is 0 Å². The summed E-state index contributed by atoms with van der Waals surface area (Å²) in [5.74, 6) is -1.21. The van der Waals surface area contributed by atoms with Crippen LogP contribution < -0.4 is 5.73 Å². The lowest BCUT2D eigenvalue weighted by Gasteiger charge is -2.19. The number of carboxylic acid groups (broad SMARTS) is 1. The third kappa shape index (κ3) is 2.56. The molecule has 5 nitrogen and oxygen atoms in total. The molecule has 1 rings (SSSR count). The molecule has 1 saturated heterocycles. The number of nitrogens with zero attached hydrogens (tertiary/aromatic N) is 1. The van der Waals surface area contributed by atoms with Gasteiger partial charge in [-0.1, -0.05) is 5.57 Å². The maximum atomic E-state index is 11.6. The highest BCUT2D eigenvalue weighted by Crippen LogP contribution is 2.19. The molecule has 1 atom stereocenters. The molecule has 0 radical (unpaired) electrons. The Bertz CT molecular complexity index is 321. The number of amides is 1. The van der Waals surface area contributed by atoms with E-state index < -0.39 is 11.5 Å². The summed E-state index contributed by atoms with van der Waals surface area (Å²) in [6.45, 7) is 4.14. The molecule has 84 valence electrons. The van der Waals surface area contributed by atoms with Crippen molar-refractivity contribution in [1.82, 2.24) is 4.90 Å². The minimum atomic E-state index is -1.27. The maximum absolute atomic E-state index is 11.6. The fourth-order valence-corrected chi connectivity index (χ4v) is 1.53. The van der Waals surface area contributed by atoms with Crippen molar-refractivity contribution >= 4 is 11.9 Å². The van der Waals surface area contributed by atoms with Gasteiger partial charge in [0.25, 0.3) is 0 Å². The lowest BCUT2D eigenvalue weighted by molar-refractivity contribution is -0.142. The smallest absolute Gasteiger partial charge is 0.325 e. The van der Waals surface area contributed by atoms with Crippen molar-refractivity contribution in [3.8, 4) is 0 Å². The van der Waals surface area contributed by atoms with Gasteiger partial charge < -0.3 is 15.7 Å². The van der Waals surface area contributed by atoms with E-state index in [4.69, 9.17) is 10.8 Å². The van der Waals surface area contributed by atoms with E-state index in [1.165, 1.54) is 11.0 Å². The molecule has 1 unspecified atom stereocenters. The van der Waals surface area contributed by atoms with Crippen LogP contribution in [-0.4, -0.2) is 40.5 Å². The second-order valence-electron chi connectivity index (χ2n) is 4.19. The normalized spacial score (nSPS) is 25.1. The summed E-state index contributed by atoms with van der Waals surface area (Å²) >= 11 is 0. The predicted molar refractivity (Wildman–Crippen MR) is 55.2 cm³/mol. The Morgan fingerprint density at radius 3 is 2.47 bits per heavy atom. The Labute approximate surface area is 88.5 Å². The molecule has 1 amide bonds. The number of nitrogens with two attached hydrogens (primary N) is 1. The first-order valence-corrected chi connectivity index (χ1v) is 4.81. The molecule has 0 aromatic heterocycles. The molecule has 1 aliphatic heterocycles. The Morgan fingerprint density at radius 1 is 1.47 bits per heavy atom. The highest BCUT2D eigenvalue weighted by molar-refractivity contribution is 5.90. The second-order valence-corrected chi connectivity index (χ2v) is 4.19. The van der Waals surface area contributed by atoms with Gasteiger partial charge in [-0.3, -0.25) is 9.59 Å². The fourth-order valence-electron chi connectivity index (χ4n) is 1.53. The van der Waals surface area contributed by atoms with Crippen LogP contribution in [0.5, 0.6) is 0 Å². The Balaban J connectivity index is 2.68. The monoisotopic (exact) mass is 212 g/mol. The van der Waals surface area contributed by atoms with Crippen LogP contribution in [0, 0.1) is 0 Å². The predicted octanol–water partition coefficient (Wildman–Crippen LogP) is -0.0330. The van der Waals surface area contributed by atoms with Gasteiger partial charge in [0.2, 0.25) is 5.91 Å². The van der Waals surface area contributed by atoms with Gasteiger partial charge in [0.15, 0.2) is 0 Å². The SMILES string of the molecule is CC(C)=CC(=O)N1CCC(N)(C(=O)O)C1. The highest BCUT2D eigenvalue weighted by Gasteiger charge is 2.42. The quantitative estimate of drug-likeness (QED) is 0.629. The van der Waals surface area contributed by atoms with Gasteiger partial charge in [-0.15, -0.1) is 0 Å². The van der Waals surface area contributed by atoms with E-state index in [9.17, 15) is 9.59 Å². The molecular weight excluding hydrogens is 196 g/mol. The van der Waals surface area contributed by atoms with Crippen LogP contribution in [0.4, 0.5) is 0 Å². The summed E-state index contributed by atoms with van der Waals surface area (Å²) in [5, 5.41) is 8.88. The summed E-state index contributed by atoms with van der Waals surface area (Å²) in [7, 11) is 0. The number of carboxylic acids is 1. The van der Waals surface area contributed by atoms with Crippen LogP contribution >= 0.6 is 0 Å². The van der Waals surface area contributed by atoms with E-state index in [0.717, 1.165) is 5.57 Å². The van der Waals surface area contributed by atoms with Gasteiger partial charge in [0, 0.05) is 19.2 Å². The molecule has 1 aliphatic rings. The molecule has 0 aromatic rings. The van der Waals surface area contributed by atoms with Gasteiger partial charge >= 0.3 is 5.97 Å². The summed E-state index contributed by atoms with van der Waals surface area (Å²) < 4.78 is 0. The van der Waals surface area contributed by atoms with Gasteiger partial charge in [-0.05, 0) is 20.3 Å². The third-order valence-electron chi connectivity index (χ3n) is 2.45. The fraction of sp³-hybridized carbons (Fsp3) is 0.600. The molecule has 0 aliphatic carbocycles. The molecule has 0 saturated carbocycles. The van der Waals surface area contributed by atoms with E-state index in [1.807, 2.05) is 13.8 Å². The summed E-state index contributed by atoms with van der Waals surface area (Å²) in [6.07, 6.45) is 1.80. The molecule has 1 heterocycles. The summed E-state index contributed by atoms with van der Waals surface area (Å²) in [5.41, 5.74) is 5.27. The van der Waals surface area contributed by atoms with E-state index >= 15 is 0 Å². The van der Waals surface area contributed by atoms with Crippen molar-refractivity contribution in [3.05, 3.63) is 11.6 Å². The minimum Gasteiger partial charge on any atom is -0.480 e. The number of aliphatic carboxylic acids is 1. The van der Waals surface area contributed by atoms with Crippen molar-refractivity contribution in [3.63, 3.8) is 0 Å². The van der Waals surface area contributed by atoms with Crippen molar-refractivity contribution in [2.24, 2.45) is 5.73 Å². The summed E-state index contributed by atoms with van der Waals surface area (Å²) in [6, 6.07) is 0. The third-order valence-corrected chi connectivity index (χ3v) is 2.45. The number of carbonyl (C=O) groups is 2. The molecule has 0 aromatic carbocycles. The van der Waals surface area contributed by atoms with Crippen LogP contribution in [0.15, 0.2) is 11.6 Å². The molecule has 3 N–H and O–H groups in total. The van der Waals surface area contributed by atoms with E-state index in [2.05, 4.69) is 0 Å². The average molecular weight is 212 g/mol. The average Bonchev–Trinajstić information content (AvgIpc) is 2.48. The van der Waals surface area contributed by atoms with Gasteiger partial charge in [-0.25, -0.2) is 0 Å². The van der Waals surface area contributed by atoms with Crippen molar-refractivity contribution in [1.29, 1.82) is 0 Å². The zero-order valence-electron chi connectivity index (χ0n) is 8.99. The number of hydrogen-bond donors (Lipinski definition) is 2. The van der Waals surface area contributed by atoms with E-state index in [-0.39, 0.29) is 12.5 Å². The number of rotatable bonds is 2. The number of carbonyl (C=O) groups excluding carboxylic acids is 1. The second kappa shape index (κ2) is 4.02. The number of allylic oxidation sites excluding steroid dienone is 1. The Hall–Kier alpha value is -1.36. The van der Waals surface area contributed by atoms with Crippen molar-refractivity contribution < 1.29 is 14.7 Å². The largest absolute Gasteiger partial charge is 0.480 e. The highest BCUT2D eigenvalue weighted by atomic mass is 16.4. The zero-order valence-corrected chi connectivity index (χ0v) is 8.99. The van der Waals surface area contributed by atoms with Crippen molar-refractivity contribution in [2.75, 3.05) is 13.1 Å². The zero-order chi connectivity index (χ0) is 11.6. The van der Waals surface area contributed by atoms with Crippen LogP contribution in [-0.2, 0) is 9.59 Å². The molecule has 0 spiro atoms. The molecule has 5 heteroatoms. The Kier molecular flexibility index (Phi) is 3.14. The maximum Gasteiger partial charge on any atom is 0.325 e. The number of likely N-dealkylation sites (tertiary alicyclic amines) is 1. The molecule has 1 fully saturated rings. The van der Waals surface area contributed by atoms with Gasteiger partial charge in [0.05, 0.1) is 0 Å². The van der Waals surface area contributed by atoms with E-state index in [1.54, 1.807) is 0 Å². The first kappa shape index (κ1) is 11.7. The van der Waals surface area contributed by atoms with Crippen molar-refractivity contribution in [2.45, 2.75) is 25.8 Å². The lowest BCUT2D eigenvalue weighted by atomic mass is 10.0. The topological polar surface area (TPSA) is 83.6 Å². The first-order chi connectivity index (χ1) is 6.85. The van der Waals surface area contributed by atoms with Crippen LogP contribution in [0.3, 0.4) is 0 Å². The number of hydrogen-bond acceptors (Lipinski definition) is 3. The van der Waals surface area contributed by atoms with Gasteiger partial charge in [0.1, 0.15) is 5.54 Å². The molecule has 15 heavy (non-hydrogen) atoms. The minimum absolute atomic E-state index is 0.0882. The molecule has 0 bridgehead atoms. The summed E-state index contributed by atoms with van der Waals surface area (Å²) in [4.78, 5) is 23.9. The van der Waals surface area contributed by atoms with Crippen LogP contribution in [0.1, 0.15) is 20.3 Å². The molecular formula is C10H16N2O3. The first-order valence-electron chi connectivity index (χ1n) is 4.81. The Morgan fingerprint density at radius 2 is 2.07 bits per heavy atom. The lowest BCUT2D eigenvalue weighted by Crippen LogP contribution is -2.50. The van der Waals surface area contributed by atoms with Crippen LogP contribution in [0.25, 0.3) is 0 Å². The standard InChI is InChI=1S/C10H16N2O3/c1-7(2)5-8(13)12-4-3-10(11,6-12)9(14)15/h5H,3-4,6,11H2,1-2H3,(H,14,15). The van der Waals surface area contributed by atoms with E-state index in [0.29, 0.717) is 13.0 Å². The van der Waals surface area contributed by atoms with Crippen LogP contribution in [0.2, 0.25) is 0 Å².